The summed E-state index contributed by atoms with van der Waals surface area (Å²) in [6.45, 7) is 6.14. The third-order valence-corrected chi connectivity index (χ3v) is 2.32. The molecule has 1 aliphatic heterocycles. The lowest BCUT2D eigenvalue weighted by Crippen LogP contribution is -2.48. The number of nitrogens with zero attached hydrogens (tertiary/aromatic N) is 2. The van der Waals surface area contributed by atoms with E-state index in [0.29, 0.717) is 6.17 Å². The van der Waals surface area contributed by atoms with Crippen LogP contribution in [0.25, 0.3) is 0 Å². The van der Waals surface area contributed by atoms with Crippen LogP contribution in [0, 0.1) is 0 Å². The number of ether oxygens (including phenoxy) is 1. The zero-order valence-corrected chi connectivity index (χ0v) is 7.71. The fourth-order valence-corrected chi connectivity index (χ4v) is 1.28. The first kappa shape index (κ1) is 8.97. The number of hydrogen-bond donors (Lipinski definition) is 0. The summed E-state index contributed by atoms with van der Waals surface area (Å²) in [5, 5.41) is 0. The van der Waals surface area contributed by atoms with E-state index in [2.05, 4.69) is 30.8 Å². The Hall–Kier alpha value is -0.120. The van der Waals surface area contributed by atoms with Gasteiger partial charge in [-0.15, -0.1) is 0 Å². The van der Waals surface area contributed by atoms with Crippen molar-refractivity contribution >= 4 is 0 Å². The van der Waals surface area contributed by atoms with Crippen molar-refractivity contribution in [3.8, 4) is 0 Å². The summed E-state index contributed by atoms with van der Waals surface area (Å²) < 4.78 is 5.27. The van der Waals surface area contributed by atoms with Crippen LogP contribution in [0.2, 0.25) is 0 Å². The van der Waals surface area contributed by atoms with Gasteiger partial charge in [-0.25, -0.2) is 0 Å². The molecule has 1 saturated heterocycles. The lowest BCUT2D eigenvalue weighted by atomic mass is 10.3. The molecule has 0 aliphatic carbocycles. The van der Waals surface area contributed by atoms with E-state index < -0.39 is 0 Å². The van der Waals surface area contributed by atoms with E-state index in [-0.39, 0.29) is 0 Å². The van der Waals surface area contributed by atoms with Gasteiger partial charge in [0.05, 0.1) is 19.4 Å². The molecule has 1 atom stereocenters. The van der Waals surface area contributed by atoms with E-state index in [4.69, 9.17) is 4.74 Å². The van der Waals surface area contributed by atoms with Crippen molar-refractivity contribution in [2.45, 2.75) is 13.1 Å². The van der Waals surface area contributed by atoms with Crippen LogP contribution in [0.3, 0.4) is 0 Å². The Morgan fingerprint density at radius 1 is 1.27 bits per heavy atom. The van der Waals surface area contributed by atoms with Crippen LogP contribution >= 0.6 is 0 Å². The number of rotatable bonds is 2. The van der Waals surface area contributed by atoms with Crippen LogP contribution in [-0.2, 0) is 4.74 Å². The van der Waals surface area contributed by atoms with Crippen LogP contribution in [0.1, 0.15) is 6.92 Å². The fraction of sp³-hybridized carbons (Fsp3) is 1.00. The van der Waals surface area contributed by atoms with E-state index in [9.17, 15) is 0 Å². The highest BCUT2D eigenvalue weighted by molar-refractivity contribution is 4.67. The topological polar surface area (TPSA) is 15.7 Å². The van der Waals surface area contributed by atoms with Crippen molar-refractivity contribution in [1.29, 1.82) is 0 Å². The predicted molar refractivity (Wildman–Crippen MR) is 45.5 cm³/mol. The first-order chi connectivity index (χ1) is 5.22. The normalized spacial score (nSPS) is 24.0. The SMILES string of the molecule is C[C@@H](N(C)C)N1CCOCC1. The standard InChI is InChI=1S/C8H18N2O/c1-8(9(2)3)10-4-6-11-7-5-10/h8H,4-7H2,1-3H3/t8-/m0/s1. The van der Waals surface area contributed by atoms with Crippen molar-refractivity contribution in [3.63, 3.8) is 0 Å². The summed E-state index contributed by atoms with van der Waals surface area (Å²) in [5.74, 6) is 0. The van der Waals surface area contributed by atoms with Gasteiger partial charge in [0.15, 0.2) is 0 Å². The Morgan fingerprint density at radius 3 is 2.27 bits per heavy atom. The van der Waals surface area contributed by atoms with Crippen LogP contribution in [0.4, 0.5) is 0 Å². The van der Waals surface area contributed by atoms with E-state index in [1.807, 2.05) is 0 Å². The molecule has 3 nitrogen and oxygen atoms in total. The molecule has 1 rings (SSSR count). The molecular formula is C8H18N2O. The molecule has 0 saturated carbocycles. The molecule has 1 aliphatic rings. The van der Waals surface area contributed by atoms with Crippen LogP contribution in [-0.4, -0.2) is 56.4 Å². The van der Waals surface area contributed by atoms with E-state index in [0.717, 1.165) is 26.3 Å². The van der Waals surface area contributed by atoms with Gasteiger partial charge in [0, 0.05) is 13.1 Å². The lowest BCUT2D eigenvalue weighted by Gasteiger charge is -2.35. The Morgan fingerprint density at radius 2 is 1.82 bits per heavy atom. The molecule has 0 radical (unpaired) electrons. The Balaban J connectivity index is 2.32. The van der Waals surface area contributed by atoms with Gasteiger partial charge in [-0.05, 0) is 21.0 Å². The summed E-state index contributed by atoms with van der Waals surface area (Å²) in [6.07, 6.45) is 0.541. The van der Waals surface area contributed by atoms with Crippen molar-refractivity contribution in [1.82, 2.24) is 9.80 Å². The minimum atomic E-state index is 0.541. The molecule has 1 fully saturated rings. The first-order valence-corrected chi connectivity index (χ1v) is 4.20. The molecule has 0 aromatic carbocycles. The highest BCUT2D eigenvalue weighted by Crippen LogP contribution is 2.04. The molecule has 0 aromatic heterocycles. The largest absolute Gasteiger partial charge is 0.379 e. The van der Waals surface area contributed by atoms with E-state index in [1.54, 1.807) is 0 Å². The second-order valence-electron chi connectivity index (χ2n) is 3.24. The molecule has 0 bridgehead atoms. The molecule has 0 spiro atoms. The molecule has 3 heteroatoms. The molecule has 1 heterocycles. The van der Waals surface area contributed by atoms with E-state index >= 15 is 0 Å². The molecule has 66 valence electrons. The summed E-state index contributed by atoms with van der Waals surface area (Å²) >= 11 is 0. The van der Waals surface area contributed by atoms with Crippen molar-refractivity contribution in [2.24, 2.45) is 0 Å². The third kappa shape index (κ3) is 2.43. The summed E-state index contributed by atoms with van der Waals surface area (Å²) in [5.41, 5.74) is 0. The molecule has 0 unspecified atom stereocenters. The van der Waals surface area contributed by atoms with Gasteiger partial charge < -0.3 is 4.74 Å². The van der Waals surface area contributed by atoms with Gasteiger partial charge in [0.25, 0.3) is 0 Å². The highest BCUT2D eigenvalue weighted by Gasteiger charge is 2.17. The van der Waals surface area contributed by atoms with E-state index in [1.165, 1.54) is 0 Å². The quantitative estimate of drug-likeness (QED) is 0.572. The fourth-order valence-electron chi connectivity index (χ4n) is 1.28. The summed E-state index contributed by atoms with van der Waals surface area (Å²) in [4.78, 5) is 4.66. The van der Waals surface area contributed by atoms with Crippen molar-refractivity contribution in [2.75, 3.05) is 40.4 Å². The Labute approximate surface area is 68.9 Å². The minimum absolute atomic E-state index is 0.541. The van der Waals surface area contributed by atoms with Gasteiger partial charge in [-0.2, -0.15) is 0 Å². The molecule has 0 amide bonds. The molecule has 11 heavy (non-hydrogen) atoms. The Kier molecular flexibility index (Phi) is 3.30. The maximum Gasteiger partial charge on any atom is 0.0594 e. The van der Waals surface area contributed by atoms with Crippen LogP contribution in [0.15, 0.2) is 0 Å². The van der Waals surface area contributed by atoms with Gasteiger partial charge >= 0.3 is 0 Å². The third-order valence-electron chi connectivity index (χ3n) is 2.32. The highest BCUT2D eigenvalue weighted by atomic mass is 16.5. The van der Waals surface area contributed by atoms with Crippen molar-refractivity contribution < 1.29 is 4.74 Å². The lowest BCUT2D eigenvalue weighted by molar-refractivity contribution is -0.0128. The zero-order valence-electron chi connectivity index (χ0n) is 7.71. The number of morpholine rings is 1. The van der Waals surface area contributed by atoms with Crippen LogP contribution in [0.5, 0.6) is 0 Å². The second-order valence-corrected chi connectivity index (χ2v) is 3.24. The molecule has 0 N–H and O–H groups in total. The van der Waals surface area contributed by atoms with Crippen LogP contribution < -0.4 is 0 Å². The molecular weight excluding hydrogens is 140 g/mol. The first-order valence-electron chi connectivity index (χ1n) is 4.20. The van der Waals surface area contributed by atoms with Gasteiger partial charge in [0.2, 0.25) is 0 Å². The van der Waals surface area contributed by atoms with Gasteiger partial charge in [-0.3, -0.25) is 9.80 Å². The summed E-state index contributed by atoms with van der Waals surface area (Å²) in [7, 11) is 4.22. The van der Waals surface area contributed by atoms with Gasteiger partial charge in [0.1, 0.15) is 0 Å². The number of hydrogen-bond acceptors (Lipinski definition) is 3. The maximum atomic E-state index is 5.27. The monoisotopic (exact) mass is 158 g/mol. The predicted octanol–water partition coefficient (Wildman–Crippen LogP) is 0.226. The Bertz CT molecular complexity index is 111. The summed E-state index contributed by atoms with van der Waals surface area (Å²) in [6, 6.07) is 0. The average Bonchev–Trinajstić information content (AvgIpc) is 2.05. The minimum Gasteiger partial charge on any atom is -0.379 e. The average molecular weight is 158 g/mol. The smallest absolute Gasteiger partial charge is 0.0594 e. The second kappa shape index (κ2) is 4.04. The van der Waals surface area contributed by atoms with Gasteiger partial charge in [-0.1, -0.05) is 0 Å². The van der Waals surface area contributed by atoms with Crippen molar-refractivity contribution in [3.05, 3.63) is 0 Å². The zero-order chi connectivity index (χ0) is 8.27. The molecule has 0 aromatic rings. The maximum absolute atomic E-state index is 5.27.